The van der Waals surface area contributed by atoms with Gasteiger partial charge in [0.1, 0.15) is 0 Å². The van der Waals surface area contributed by atoms with E-state index in [1.807, 2.05) is 43.3 Å². The Hall–Kier alpha value is -1.52. The molecule has 0 aliphatic carbocycles. The van der Waals surface area contributed by atoms with Crippen molar-refractivity contribution in [1.82, 2.24) is 10.2 Å². The van der Waals surface area contributed by atoms with Gasteiger partial charge in [0.2, 0.25) is 0 Å². The second-order valence-electron chi connectivity index (χ2n) is 5.80. The first kappa shape index (κ1) is 19.8. The number of nitrogens with zero attached hydrogens (tertiary/aromatic N) is 1. The van der Waals surface area contributed by atoms with Gasteiger partial charge in [0, 0.05) is 29.2 Å². The van der Waals surface area contributed by atoms with Gasteiger partial charge < -0.3 is 10.2 Å². The fourth-order valence-corrected chi connectivity index (χ4v) is 3.08. The molecule has 2 rings (SSSR count). The molecule has 2 aromatic carbocycles. The molecule has 25 heavy (non-hydrogen) atoms. The van der Waals surface area contributed by atoms with Gasteiger partial charge in [0.25, 0.3) is 5.91 Å². The molecule has 0 aliphatic rings. The summed E-state index contributed by atoms with van der Waals surface area (Å²) in [7, 11) is 3.93. The first-order valence-corrected chi connectivity index (χ1v) is 8.86. The Balaban J connectivity index is 2.04. The molecule has 0 saturated heterocycles. The highest BCUT2D eigenvalue weighted by molar-refractivity contribution is 6.40. The van der Waals surface area contributed by atoms with E-state index in [1.54, 1.807) is 24.3 Å². The molecule has 0 fully saturated rings. The van der Waals surface area contributed by atoms with Gasteiger partial charge in [-0.3, -0.25) is 4.79 Å². The lowest BCUT2D eigenvalue weighted by Gasteiger charge is -2.10. The van der Waals surface area contributed by atoms with Crippen LogP contribution >= 0.6 is 34.8 Å². The van der Waals surface area contributed by atoms with Crippen molar-refractivity contribution in [2.75, 3.05) is 27.2 Å². The number of carbonyl (C=O) groups excluding carboxylic acids is 1. The van der Waals surface area contributed by atoms with Crippen molar-refractivity contribution in [2.45, 2.75) is 0 Å². The van der Waals surface area contributed by atoms with E-state index >= 15 is 0 Å². The van der Waals surface area contributed by atoms with Crippen LogP contribution in [0.15, 0.2) is 36.4 Å². The molecule has 0 aromatic heterocycles. The minimum absolute atomic E-state index is 0.0823. The number of nitrogens with one attached hydrogen (secondary N) is 1. The summed E-state index contributed by atoms with van der Waals surface area (Å²) < 4.78 is 0. The molecule has 0 atom stereocenters. The Labute approximate surface area is 163 Å². The van der Waals surface area contributed by atoms with Gasteiger partial charge >= 0.3 is 0 Å². The molecule has 0 unspecified atom stereocenters. The minimum atomic E-state index is -0.0823. The van der Waals surface area contributed by atoms with E-state index in [0.717, 1.165) is 12.1 Å². The van der Waals surface area contributed by atoms with Gasteiger partial charge in [-0.2, -0.15) is 0 Å². The molecule has 1 amide bonds. The Morgan fingerprint density at radius 2 is 1.64 bits per heavy atom. The third kappa shape index (κ3) is 6.05. The standard InChI is InChI=1S/C19H19Cl3N2O/c1-24(2)10-9-23-19(25)14-6-3-13(4-7-14)5-8-16-17(21)11-15(20)12-18(16)22/h3-8,11-12H,9-10H2,1-2H3,(H,23,25)/b8-5+. The van der Waals surface area contributed by atoms with Crippen LogP contribution in [0.1, 0.15) is 21.5 Å². The fraction of sp³-hybridized carbons (Fsp3) is 0.211. The maximum atomic E-state index is 12.0. The predicted molar refractivity (Wildman–Crippen MR) is 108 cm³/mol. The molecule has 3 nitrogen and oxygen atoms in total. The van der Waals surface area contributed by atoms with Crippen LogP contribution in [0.2, 0.25) is 15.1 Å². The lowest BCUT2D eigenvalue weighted by Crippen LogP contribution is -2.31. The Morgan fingerprint density at radius 3 is 2.20 bits per heavy atom. The summed E-state index contributed by atoms with van der Waals surface area (Å²) >= 11 is 18.2. The molecule has 2 aromatic rings. The van der Waals surface area contributed by atoms with E-state index in [1.165, 1.54) is 0 Å². The monoisotopic (exact) mass is 396 g/mol. The summed E-state index contributed by atoms with van der Waals surface area (Å²) in [5.74, 6) is -0.0823. The molecule has 0 aliphatic heterocycles. The summed E-state index contributed by atoms with van der Waals surface area (Å²) in [6, 6.07) is 10.6. The molecular weight excluding hydrogens is 379 g/mol. The Kier molecular flexibility index (Phi) is 7.33. The molecule has 0 saturated carbocycles. The van der Waals surface area contributed by atoms with Gasteiger partial charge in [-0.25, -0.2) is 0 Å². The predicted octanol–water partition coefficient (Wildman–Crippen LogP) is 5.11. The summed E-state index contributed by atoms with van der Waals surface area (Å²) in [4.78, 5) is 14.1. The van der Waals surface area contributed by atoms with Crippen LogP contribution in [0.3, 0.4) is 0 Å². The van der Waals surface area contributed by atoms with Crippen LogP contribution in [0, 0.1) is 0 Å². The van der Waals surface area contributed by atoms with E-state index in [9.17, 15) is 4.79 Å². The van der Waals surface area contributed by atoms with Gasteiger partial charge in [-0.15, -0.1) is 0 Å². The van der Waals surface area contributed by atoms with Crippen molar-refractivity contribution >= 4 is 52.9 Å². The van der Waals surface area contributed by atoms with Crippen molar-refractivity contribution in [3.05, 3.63) is 68.2 Å². The van der Waals surface area contributed by atoms with Gasteiger partial charge in [-0.1, -0.05) is 59.1 Å². The van der Waals surface area contributed by atoms with Crippen LogP contribution in [0.5, 0.6) is 0 Å². The highest BCUT2D eigenvalue weighted by Crippen LogP contribution is 2.30. The summed E-state index contributed by atoms with van der Waals surface area (Å²) in [5, 5.41) is 4.36. The summed E-state index contributed by atoms with van der Waals surface area (Å²) in [6.45, 7) is 1.41. The van der Waals surface area contributed by atoms with Crippen LogP contribution in [0.4, 0.5) is 0 Å². The smallest absolute Gasteiger partial charge is 0.251 e. The number of amides is 1. The van der Waals surface area contributed by atoms with Gasteiger partial charge in [-0.05, 0) is 43.9 Å². The summed E-state index contributed by atoms with van der Waals surface area (Å²) in [6.07, 6.45) is 3.71. The molecular formula is C19H19Cl3N2O. The first-order valence-electron chi connectivity index (χ1n) is 7.72. The number of hydrogen-bond donors (Lipinski definition) is 1. The van der Waals surface area contributed by atoms with Crippen molar-refractivity contribution in [2.24, 2.45) is 0 Å². The number of benzene rings is 2. The van der Waals surface area contributed by atoms with E-state index in [0.29, 0.717) is 32.7 Å². The highest BCUT2D eigenvalue weighted by Gasteiger charge is 2.06. The second-order valence-corrected chi connectivity index (χ2v) is 7.05. The quantitative estimate of drug-likeness (QED) is 0.687. The lowest BCUT2D eigenvalue weighted by molar-refractivity contribution is 0.0951. The molecule has 0 spiro atoms. The third-order valence-corrected chi connectivity index (χ3v) is 4.35. The van der Waals surface area contributed by atoms with E-state index in [4.69, 9.17) is 34.8 Å². The van der Waals surface area contributed by atoms with E-state index in [2.05, 4.69) is 5.32 Å². The Bertz CT molecular complexity index is 748. The fourth-order valence-electron chi connectivity index (χ4n) is 2.13. The zero-order valence-electron chi connectivity index (χ0n) is 14.0. The van der Waals surface area contributed by atoms with Gasteiger partial charge in [0.05, 0.1) is 10.0 Å². The van der Waals surface area contributed by atoms with Crippen LogP contribution in [-0.4, -0.2) is 38.0 Å². The summed E-state index contributed by atoms with van der Waals surface area (Å²) in [5.41, 5.74) is 2.27. The van der Waals surface area contributed by atoms with Crippen molar-refractivity contribution in [1.29, 1.82) is 0 Å². The SMILES string of the molecule is CN(C)CCNC(=O)c1ccc(/C=C/c2c(Cl)cc(Cl)cc2Cl)cc1. The van der Waals surface area contributed by atoms with Crippen molar-refractivity contribution in [3.8, 4) is 0 Å². The highest BCUT2D eigenvalue weighted by atomic mass is 35.5. The van der Waals surface area contributed by atoms with Crippen molar-refractivity contribution in [3.63, 3.8) is 0 Å². The van der Waals surface area contributed by atoms with Crippen molar-refractivity contribution < 1.29 is 4.79 Å². The topological polar surface area (TPSA) is 32.3 Å². The average Bonchev–Trinajstić information content (AvgIpc) is 2.54. The molecule has 132 valence electrons. The largest absolute Gasteiger partial charge is 0.351 e. The third-order valence-electron chi connectivity index (χ3n) is 3.50. The number of likely N-dealkylation sites (N-methyl/N-ethyl adjacent to an activating group) is 1. The van der Waals surface area contributed by atoms with E-state index in [-0.39, 0.29) is 5.91 Å². The zero-order valence-corrected chi connectivity index (χ0v) is 16.3. The normalized spacial score (nSPS) is 11.3. The molecule has 0 heterocycles. The molecule has 0 radical (unpaired) electrons. The zero-order chi connectivity index (χ0) is 18.4. The molecule has 1 N–H and O–H groups in total. The van der Waals surface area contributed by atoms with Crippen LogP contribution in [0.25, 0.3) is 12.2 Å². The Morgan fingerprint density at radius 1 is 1.04 bits per heavy atom. The molecule has 0 bridgehead atoms. The van der Waals surface area contributed by atoms with Gasteiger partial charge in [0.15, 0.2) is 0 Å². The number of carbonyl (C=O) groups is 1. The average molecular weight is 398 g/mol. The van der Waals surface area contributed by atoms with Crippen LogP contribution < -0.4 is 5.32 Å². The lowest BCUT2D eigenvalue weighted by atomic mass is 10.1. The first-order chi connectivity index (χ1) is 11.9. The van der Waals surface area contributed by atoms with E-state index < -0.39 is 0 Å². The molecule has 6 heteroatoms. The number of rotatable bonds is 6. The maximum Gasteiger partial charge on any atom is 0.251 e. The minimum Gasteiger partial charge on any atom is -0.351 e. The maximum absolute atomic E-state index is 12.0. The second kappa shape index (κ2) is 9.25. The number of hydrogen-bond acceptors (Lipinski definition) is 2. The van der Waals surface area contributed by atoms with Crippen LogP contribution in [-0.2, 0) is 0 Å². The number of halogens is 3.